The molecule has 0 spiro atoms. The molecule has 0 atom stereocenters. The summed E-state index contributed by atoms with van der Waals surface area (Å²) in [6.07, 6.45) is 1.62. The highest BCUT2D eigenvalue weighted by atomic mass is 35.5. The molecule has 0 aliphatic heterocycles. The van der Waals surface area contributed by atoms with Gasteiger partial charge in [0.2, 0.25) is 5.28 Å². The van der Waals surface area contributed by atoms with Gasteiger partial charge in [-0.2, -0.15) is 4.98 Å². The van der Waals surface area contributed by atoms with E-state index >= 15 is 0 Å². The molecule has 0 unspecified atom stereocenters. The number of hydrogen-bond acceptors (Lipinski definition) is 4. The molecule has 102 valence electrons. The largest absolute Gasteiger partial charge is 0.366 e. The number of hydrogen-bond donors (Lipinski definition) is 1. The maximum Gasteiger partial charge on any atom is 0.224 e. The van der Waals surface area contributed by atoms with Crippen LogP contribution in [0.25, 0.3) is 16.7 Å². The zero-order valence-corrected chi connectivity index (χ0v) is 12.0. The molecule has 20 heavy (non-hydrogen) atoms. The third kappa shape index (κ3) is 2.32. The fourth-order valence-electron chi connectivity index (χ4n) is 2.07. The number of anilines is 1. The first-order valence-electron chi connectivity index (χ1n) is 6.38. The molecule has 1 aromatic carbocycles. The Balaban J connectivity index is 2.21. The number of rotatable bonds is 3. The minimum atomic E-state index is 0.209. The Morgan fingerprint density at radius 2 is 2.00 bits per heavy atom. The van der Waals surface area contributed by atoms with E-state index in [-0.39, 0.29) is 5.28 Å². The van der Waals surface area contributed by atoms with Gasteiger partial charge in [0.25, 0.3) is 0 Å². The second kappa shape index (κ2) is 5.09. The lowest BCUT2D eigenvalue weighted by molar-refractivity contribution is 0.839. The van der Waals surface area contributed by atoms with Crippen molar-refractivity contribution in [1.82, 2.24) is 19.7 Å². The van der Waals surface area contributed by atoms with Crippen molar-refractivity contribution in [1.29, 1.82) is 0 Å². The van der Waals surface area contributed by atoms with Crippen LogP contribution in [0, 0.1) is 0 Å². The molecule has 3 aromatic rings. The number of para-hydroxylation sites is 1. The summed E-state index contributed by atoms with van der Waals surface area (Å²) in [5, 5.41) is 9.20. The first-order chi connectivity index (χ1) is 9.65. The topological polar surface area (TPSA) is 55.6 Å². The van der Waals surface area contributed by atoms with E-state index in [1.54, 1.807) is 16.9 Å². The van der Waals surface area contributed by atoms with Crippen molar-refractivity contribution in [3.8, 4) is 5.82 Å². The van der Waals surface area contributed by atoms with E-state index in [4.69, 9.17) is 11.6 Å². The van der Waals surface area contributed by atoms with Gasteiger partial charge in [-0.1, -0.05) is 12.1 Å². The molecule has 0 radical (unpaired) electrons. The Morgan fingerprint density at radius 3 is 2.75 bits per heavy atom. The lowest BCUT2D eigenvalue weighted by Crippen LogP contribution is -2.10. The van der Waals surface area contributed by atoms with Crippen molar-refractivity contribution < 1.29 is 0 Å². The van der Waals surface area contributed by atoms with E-state index in [1.807, 2.05) is 24.3 Å². The fraction of sp³-hybridized carbons (Fsp3) is 0.214. The van der Waals surface area contributed by atoms with Crippen molar-refractivity contribution in [3.05, 3.63) is 41.8 Å². The van der Waals surface area contributed by atoms with Crippen LogP contribution in [0.2, 0.25) is 5.28 Å². The van der Waals surface area contributed by atoms with Gasteiger partial charge in [0.15, 0.2) is 11.6 Å². The molecule has 3 rings (SSSR count). The van der Waals surface area contributed by atoms with Crippen LogP contribution < -0.4 is 5.32 Å². The van der Waals surface area contributed by atoms with E-state index in [9.17, 15) is 0 Å². The normalized spacial score (nSPS) is 11.2. The van der Waals surface area contributed by atoms with E-state index in [2.05, 4.69) is 34.2 Å². The number of halogens is 1. The quantitative estimate of drug-likeness (QED) is 0.751. The molecule has 0 saturated heterocycles. The first kappa shape index (κ1) is 12.9. The van der Waals surface area contributed by atoms with Gasteiger partial charge >= 0.3 is 0 Å². The molecular formula is C14H14ClN5. The van der Waals surface area contributed by atoms with Gasteiger partial charge in [0, 0.05) is 23.7 Å². The average molecular weight is 288 g/mol. The van der Waals surface area contributed by atoms with E-state index < -0.39 is 0 Å². The Morgan fingerprint density at radius 1 is 1.20 bits per heavy atom. The number of nitrogens with zero attached hydrogens (tertiary/aromatic N) is 4. The van der Waals surface area contributed by atoms with Gasteiger partial charge in [0.05, 0.1) is 5.52 Å². The standard InChI is InChI=1S/C14H14ClN5/c1-9(2)17-13-10-5-3-4-6-11(10)20(19-13)12-7-8-16-14(15)18-12/h3-9H,1-2H3,(H,17,19). The summed E-state index contributed by atoms with van der Waals surface area (Å²) in [4.78, 5) is 8.11. The Labute approximate surface area is 121 Å². The van der Waals surface area contributed by atoms with Crippen LogP contribution in [0.4, 0.5) is 5.82 Å². The third-order valence-corrected chi connectivity index (χ3v) is 3.02. The predicted molar refractivity (Wildman–Crippen MR) is 80.4 cm³/mol. The van der Waals surface area contributed by atoms with E-state index in [1.165, 1.54) is 0 Å². The van der Waals surface area contributed by atoms with Crippen molar-refractivity contribution in [2.24, 2.45) is 0 Å². The van der Waals surface area contributed by atoms with Gasteiger partial charge in [-0.15, -0.1) is 5.10 Å². The summed E-state index contributed by atoms with van der Waals surface area (Å²) in [7, 11) is 0. The summed E-state index contributed by atoms with van der Waals surface area (Å²) in [5.74, 6) is 1.49. The highest BCUT2D eigenvalue weighted by Crippen LogP contribution is 2.25. The van der Waals surface area contributed by atoms with Crippen molar-refractivity contribution in [2.45, 2.75) is 19.9 Å². The van der Waals surface area contributed by atoms with Crippen LogP contribution in [0.3, 0.4) is 0 Å². The van der Waals surface area contributed by atoms with Crippen LogP contribution in [-0.2, 0) is 0 Å². The minimum Gasteiger partial charge on any atom is -0.366 e. The first-order valence-corrected chi connectivity index (χ1v) is 6.76. The van der Waals surface area contributed by atoms with Gasteiger partial charge < -0.3 is 5.32 Å². The van der Waals surface area contributed by atoms with Crippen molar-refractivity contribution in [2.75, 3.05) is 5.32 Å². The van der Waals surface area contributed by atoms with Gasteiger partial charge in [-0.3, -0.25) is 0 Å². The summed E-state index contributed by atoms with van der Waals surface area (Å²) < 4.78 is 1.77. The van der Waals surface area contributed by atoms with Gasteiger partial charge in [-0.05, 0) is 37.6 Å². The molecule has 1 N–H and O–H groups in total. The molecule has 2 aromatic heterocycles. The summed E-state index contributed by atoms with van der Waals surface area (Å²) in [6.45, 7) is 4.16. The van der Waals surface area contributed by atoms with Gasteiger partial charge in [-0.25, -0.2) is 9.67 Å². The molecule has 0 fully saturated rings. The number of aromatic nitrogens is 4. The molecule has 6 heteroatoms. The minimum absolute atomic E-state index is 0.209. The van der Waals surface area contributed by atoms with Crippen molar-refractivity contribution in [3.63, 3.8) is 0 Å². The van der Waals surface area contributed by atoms with E-state index in [0.717, 1.165) is 16.7 Å². The maximum atomic E-state index is 5.86. The SMILES string of the molecule is CC(C)Nc1nn(-c2ccnc(Cl)n2)c2ccccc12. The molecule has 5 nitrogen and oxygen atoms in total. The third-order valence-electron chi connectivity index (χ3n) is 2.84. The highest BCUT2D eigenvalue weighted by Gasteiger charge is 2.13. The number of fused-ring (bicyclic) bond motifs is 1. The van der Waals surface area contributed by atoms with Crippen LogP contribution in [0.15, 0.2) is 36.5 Å². The lowest BCUT2D eigenvalue weighted by atomic mass is 10.2. The number of nitrogens with one attached hydrogen (secondary N) is 1. The zero-order chi connectivity index (χ0) is 14.1. The molecule has 0 bridgehead atoms. The second-order valence-corrected chi connectivity index (χ2v) is 5.10. The van der Waals surface area contributed by atoms with Crippen molar-refractivity contribution >= 4 is 28.3 Å². The smallest absolute Gasteiger partial charge is 0.224 e. The Kier molecular flexibility index (Phi) is 3.28. The zero-order valence-electron chi connectivity index (χ0n) is 11.2. The summed E-state index contributed by atoms with van der Waals surface area (Å²) >= 11 is 5.86. The monoisotopic (exact) mass is 287 g/mol. The molecule has 2 heterocycles. The molecular weight excluding hydrogens is 274 g/mol. The van der Waals surface area contributed by atoms with E-state index in [0.29, 0.717) is 11.9 Å². The molecule has 0 aliphatic carbocycles. The highest BCUT2D eigenvalue weighted by molar-refractivity contribution is 6.28. The van der Waals surface area contributed by atoms with Crippen LogP contribution in [0.1, 0.15) is 13.8 Å². The maximum absolute atomic E-state index is 5.86. The Hall–Kier alpha value is -2.14. The van der Waals surface area contributed by atoms with Crippen LogP contribution in [0.5, 0.6) is 0 Å². The summed E-state index contributed by atoms with van der Waals surface area (Å²) in [5.41, 5.74) is 0.977. The Bertz CT molecular complexity index is 750. The lowest BCUT2D eigenvalue weighted by Gasteiger charge is -2.06. The van der Waals surface area contributed by atoms with Gasteiger partial charge in [0.1, 0.15) is 0 Å². The molecule has 0 amide bonds. The van der Waals surface area contributed by atoms with Crippen LogP contribution in [-0.4, -0.2) is 25.8 Å². The van der Waals surface area contributed by atoms with Crippen LogP contribution >= 0.6 is 11.6 Å². The average Bonchev–Trinajstić information content (AvgIpc) is 2.77. The summed E-state index contributed by atoms with van der Waals surface area (Å²) in [6, 6.07) is 10.1. The fourth-order valence-corrected chi connectivity index (χ4v) is 2.21. The molecule has 0 aliphatic rings. The predicted octanol–water partition coefficient (Wildman–Crippen LogP) is 3.29. The number of benzene rings is 1. The molecule has 0 saturated carbocycles. The second-order valence-electron chi connectivity index (χ2n) is 4.76.